The second-order valence-electron chi connectivity index (χ2n) is 5.78. The van der Waals surface area contributed by atoms with Gasteiger partial charge in [0, 0.05) is 13.1 Å². The van der Waals surface area contributed by atoms with Crippen molar-refractivity contribution < 1.29 is 9.18 Å². The first-order valence-electron chi connectivity index (χ1n) is 7.35. The lowest BCUT2D eigenvalue weighted by molar-refractivity contribution is -0.134. The van der Waals surface area contributed by atoms with Crippen LogP contribution in [0.15, 0.2) is 24.3 Å². The van der Waals surface area contributed by atoms with E-state index in [-0.39, 0.29) is 11.7 Å². The Morgan fingerprint density at radius 1 is 1.35 bits per heavy atom. The van der Waals surface area contributed by atoms with Crippen LogP contribution in [0.3, 0.4) is 0 Å². The summed E-state index contributed by atoms with van der Waals surface area (Å²) in [6.07, 6.45) is 3.45. The van der Waals surface area contributed by atoms with E-state index in [0.29, 0.717) is 18.8 Å². The van der Waals surface area contributed by atoms with Crippen molar-refractivity contribution in [3.05, 3.63) is 35.6 Å². The van der Waals surface area contributed by atoms with Crippen LogP contribution in [-0.4, -0.2) is 29.9 Å². The maximum absolute atomic E-state index is 12.8. The van der Waals surface area contributed by atoms with E-state index in [1.54, 1.807) is 12.1 Å². The van der Waals surface area contributed by atoms with E-state index in [1.807, 2.05) is 4.90 Å². The van der Waals surface area contributed by atoms with Gasteiger partial charge in [0.2, 0.25) is 5.91 Å². The highest BCUT2D eigenvalue weighted by molar-refractivity contribution is 5.81. The lowest BCUT2D eigenvalue weighted by Crippen LogP contribution is -2.47. The van der Waals surface area contributed by atoms with E-state index in [0.717, 1.165) is 31.5 Å². The fourth-order valence-corrected chi connectivity index (χ4v) is 2.56. The highest BCUT2D eigenvalue weighted by Gasteiger charge is 2.24. The molecule has 1 unspecified atom stereocenters. The molecule has 110 valence electrons. The zero-order valence-electron chi connectivity index (χ0n) is 12.0. The van der Waals surface area contributed by atoms with E-state index in [1.165, 1.54) is 12.1 Å². The molecule has 0 spiro atoms. The van der Waals surface area contributed by atoms with Gasteiger partial charge in [-0.3, -0.25) is 4.79 Å². The number of hydrogen-bond donors (Lipinski definition) is 1. The number of carbonyl (C=O) groups is 1. The number of aryl methyl sites for hydroxylation is 1. The monoisotopic (exact) mass is 278 g/mol. The molecule has 1 atom stereocenters. The van der Waals surface area contributed by atoms with Crippen LogP contribution in [0.1, 0.15) is 31.7 Å². The molecule has 0 saturated carbocycles. The number of nitrogens with zero attached hydrogens (tertiary/aromatic N) is 1. The van der Waals surface area contributed by atoms with E-state index in [2.05, 4.69) is 6.92 Å². The number of piperidine rings is 1. The van der Waals surface area contributed by atoms with Gasteiger partial charge in [0.05, 0.1) is 6.04 Å². The second kappa shape index (κ2) is 6.84. The van der Waals surface area contributed by atoms with Crippen LogP contribution >= 0.6 is 0 Å². The molecule has 3 nitrogen and oxygen atoms in total. The molecule has 0 radical (unpaired) electrons. The predicted molar refractivity (Wildman–Crippen MR) is 77.7 cm³/mol. The molecule has 1 heterocycles. The molecule has 0 bridgehead atoms. The van der Waals surface area contributed by atoms with E-state index < -0.39 is 6.04 Å². The topological polar surface area (TPSA) is 46.3 Å². The minimum absolute atomic E-state index is 0.0546. The van der Waals surface area contributed by atoms with Gasteiger partial charge in [-0.15, -0.1) is 0 Å². The van der Waals surface area contributed by atoms with Crippen molar-refractivity contribution in [2.45, 2.75) is 38.6 Å². The fraction of sp³-hybridized carbons (Fsp3) is 0.562. The first-order chi connectivity index (χ1) is 9.56. The first-order valence-corrected chi connectivity index (χ1v) is 7.35. The van der Waals surface area contributed by atoms with Crippen molar-refractivity contribution in [3.63, 3.8) is 0 Å². The largest absolute Gasteiger partial charge is 0.341 e. The van der Waals surface area contributed by atoms with Gasteiger partial charge in [0.25, 0.3) is 0 Å². The maximum atomic E-state index is 12.8. The van der Waals surface area contributed by atoms with E-state index in [4.69, 9.17) is 5.73 Å². The number of halogens is 1. The van der Waals surface area contributed by atoms with Crippen LogP contribution in [0.25, 0.3) is 0 Å². The number of carbonyl (C=O) groups excluding carboxylic acids is 1. The molecular weight excluding hydrogens is 255 g/mol. The lowest BCUT2D eigenvalue weighted by Gasteiger charge is -2.32. The smallest absolute Gasteiger partial charge is 0.239 e. The minimum Gasteiger partial charge on any atom is -0.341 e. The van der Waals surface area contributed by atoms with Crippen molar-refractivity contribution in [2.24, 2.45) is 11.7 Å². The predicted octanol–water partition coefficient (Wildman–Crippen LogP) is 2.34. The summed E-state index contributed by atoms with van der Waals surface area (Å²) in [5.74, 6) is 0.519. The van der Waals surface area contributed by atoms with Gasteiger partial charge in [-0.05, 0) is 49.3 Å². The van der Waals surface area contributed by atoms with Gasteiger partial charge in [-0.1, -0.05) is 19.1 Å². The summed E-state index contributed by atoms with van der Waals surface area (Å²) in [4.78, 5) is 14.1. The van der Waals surface area contributed by atoms with Crippen molar-refractivity contribution >= 4 is 5.91 Å². The first kappa shape index (κ1) is 15.0. The van der Waals surface area contributed by atoms with E-state index >= 15 is 0 Å². The standard InChI is InChI=1S/C16H23FN2O/c1-12-8-10-19(11-9-12)16(20)15(18)7-4-13-2-5-14(17)6-3-13/h2-3,5-6,12,15H,4,7-11,18H2,1H3. The Morgan fingerprint density at radius 2 is 1.95 bits per heavy atom. The van der Waals surface area contributed by atoms with Gasteiger partial charge in [-0.25, -0.2) is 4.39 Å². The third-order valence-corrected chi connectivity index (χ3v) is 4.07. The number of amides is 1. The number of benzene rings is 1. The zero-order chi connectivity index (χ0) is 14.5. The third-order valence-electron chi connectivity index (χ3n) is 4.07. The number of hydrogen-bond acceptors (Lipinski definition) is 2. The summed E-state index contributed by atoms with van der Waals surface area (Å²) >= 11 is 0. The van der Waals surface area contributed by atoms with Crippen LogP contribution in [0.2, 0.25) is 0 Å². The van der Waals surface area contributed by atoms with Gasteiger partial charge in [0.1, 0.15) is 5.82 Å². The second-order valence-corrected chi connectivity index (χ2v) is 5.78. The Kier molecular flexibility index (Phi) is 5.12. The molecular formula is C16H23FN2O. The quantitative estimate of drug-likeness (QED) is 0.919. The molecule has 0 aromatic heterocycles. The molecule has 1 aliphatic heterocycles. The average Bonchev–Trinajstić information content (AvgIpc) is 2.46. The molecule has 1 aliphatic rings. The lowest BCUT2D eigenvalue weighted by atomic mass is 9.98. The van der Waals surface area contributed by atoms with Crippen LogP contribution in [0, 0.1) is 11.7 Å². The summed E-state index contributed by atoms with van der Waals surface area (Å²) in [5, 5.41) is 0. The minimum atomic E-state index is -0.451. The molecule has 1 aromatic rings. The van der Waals surface area contributed by atoms with Crippen molar-refractivity contribution in [1.29, 1.82) is 0 Å². The number of nitrogens with two attached hydrogens (primary N) is 1. The molecule has 1 saturated heterocycles. The third kappa shape index (κ3) is 4.04. The molecule has 0 aliphatic carbocycles. The number of likely N-dealkylation sites (tertiary alicyclic amines) is 1. The molecule has 2 N–H and O–H groups in total. The fourth-order valence-electron chi connectivity index (χ4n) is 2.56. The van der Waals surface area contributed by atoms with Gasteiger partial charge < -0.3 is 10.6 Å². The normalized spacial score (nSPS) is 18.1. The molecule has 1 amide bonds. The molecule has 1 fully saturated rings. The van der Waals surface area contributed by atoms with E-state index in [9.17, 15) is 9.18 Å². The van der Waals surface area contributed by atoms with Gasteiger partial charge in [0.15, 0.2) is 0 Å². The molecule has 4 heteroatoms. The maximum Gasteiger partial charge on any atom is 0.239 e. The Morgan fingerprint density at radius 3 is 2.55 bits per heavy atom. The zero-order valence-corrected chi connectivity index (χ0v) is 12.0. The summed E-state index contributed by atoms with van der Waals surface area (Å²) in [5.41, 5.74) is 7.01. The Balaban J connectivity index is 1.80. The molecule has 20 heavy (non-hydrogen) atoms. The van der Waals surface area contributed by atoms with Crippen LogP contribution < -0.4 is 5.73 Å². The highest BCUT2D eigenvalue weighted by Crippen LogP contribution is 2.17. The van der Waals surface area contributed by atoms with Gasteiger partial charge >= 0.3 is 0 Å². The van der Waals surface area contributed by atoms with Crippen LogP contribution in [0.5, 0.6) is 0 Å². The number of rotatable bonds is 4. The highest BCUT2D eigenvalue weighted by atomic mass is 19.1. The average molecular weight is 278 g/mol. The van der Waals surface area contributed by atoms with Crippen molar-refractivity contribution in [1.82, 2.24) is 4.90 Å². The summed E-state index contributed by atoms with van der Waals surface area (Å²) in [6, 6.07) is 5.92. The van der Waals surface area contributed by atoms with Crippen molar-refractivity contribution in [2.75, 3.05) is 13.1 Å². The summed E-state index contributed by atoms with van der Waals surface area (Å²) in [6.45, 7) is 3.87. The van der Waals surface area contributed by atoms with Crippen LogP contribution in [0.4, 0.5) is 4.39 Å². The Labute approximate surface area is 120 Å². The Hall–Kier alpha value is -1.42. The van der Waals surface area contributed by atoms with Crippen LogP contribution in [-0.2, 0) is 11.2 Å². The summed E-state index contributed by atoms with van der Waals surface area (Å²) in [7, 11) is 0. The SMILES string of the molecule is CC1CCN(C(=O)C(N)CCc2ccc(F)cc2)CC1. The Bertz CT molecular complexity index is 438. The molecule has 1 aromatic carbocycles. The van der Waals surface area contributed by atoms with Gasteiger partial charge in [-0.2, -0.15) is 0 Å². The molecule has 2 rings (SSSR count). The summed E-state index contributed by atoms with van der Waals surface area (Å²) < 4.78 is 12.8. The van der Waals surface area contributed by atoms with Crippen molar-refractivity contribution in [3.8, 4) is 0 Å².